The number of nitriles is 1. The maximum absolute atomic E-state index is 12.0. The van der Waals surface area contributed by atoms with Crippen LogP contribution >= 0.6 is 23.2 Å². The summed E-state index contributed by atoms with van der Waals surface area (Å²) in [6, 6.07) is 10.4. The Morgan fingerprint density at radius 3 is 2.88 bits per heavy atom. The number of carbonyl (C=O) groups excluding carboxylic acids is 1. The van der Waals surface area contributed by atoms with Crippen molar-refractivity contribution in [2.75, 3.05) is 20.3 Å². The number of ether oxygens (including phenoxy) is 1. The average Bonchev–Trinajstić information content (AvgIpc) is 3.07. The molecule has 1 aromatic carbocycles. The van der Waals surface area contributed by atoms with Gasteiger partial charge < -0.3 is 14.5 Å². The van der Waals surface area contributed by atoms with Crippen molar-refractivity contribution in [3.63, 3.8) is 0 Å². The van der Waals surface area contributed by atoms with Gasteiger partial charge >= 0.3 is 0 Å². The van der Waals surface area contributed by atoms with E-state index in [0.717, 1.165) is 0 Å². The van der Waals surface area contributed by atoms with Crippen LogP contribution < -0.4 is 5.32 Å². The molecule has 1 aromatic heterocycles. The lowest BCUT2D eigenvalue weighted by atomic mass is 10.2. The van der Waals surface area contributed by atoms with Crippen molar-refractivity contribution in [3.8, 4) is 17.4 Å². The predicted molar refractivity (Wildman–Crippen MR) is 97.3 cm³/mol. The highest BCUT2D eigenvalue weighted by molar-refractivity contribution is 6.43. The molecule has 0 saturated heterocycles. The molecule has 0 unspecified atom stereocenters. The number of hydrogen-bond acceptors (Lipinski definition) is 4. The molecule has 0 saturated carbocycles. The van der Waals surface area contributed by atoms with Crippen LogP contribution in [0, 0.1) is 11.3 Å². The minimum Gasteiger partial charge on any atom is -0.457 e. The summed E-state index contributed by atoms with van der Waals surface area (Å²) in [5.41, 5.74) is 0.590. The molecule has 130 valence electrons. The normalized spacial score (nSPS) is 11.2. The molecule has 0 aliphatic carbocycles. The van der Waals surface area contributed by atoms with Crippen LogP contribution in [0.5, 0.6) is 0 Å². The molecule has 0 atom stereocenters. The van der Waals surface area contributed by atoms with Crippen molar-refractivity contribution >= 4 is 35.2 Å². The molecule has 25 heavy (non-hydrogen) atoms. The first-order chi connectivity index (χ1) is 12.1. The van der Waals surface area contributed by atoms with Crippen molar-refractivity contribution < 1.29 is 13.9 Å². The Hall–Kier alpha value is -2.26. The van der Waals surface area contributed by atoms with Gasteiger partial charge in [0.25, 0.3) is 5.91 Å². The van der Waals surface area contributed by atoms with Gasteiger partial charge in [-0.3, -0.25) is 4.79 Å². The van der Waals surface area contributed by atoms with E-state index < -0.39 is 5.91 Å². The first-order valence-corrected chi connectivity index (χ1v) is 8.25. The van der Waals surface area contributed by atoms with Crippen LogP contribution in [0.1, 0.15) is 12.2 Å². The number of rotatable bonds is 7. The van der Waals surface area contributed by atoms with E-state index in [1.807, 2.05) is 6.07 Å². The van der Waals surface area contributed by atoms with Gasteiger partial charge in [0.05, 0.1) is 10.0 Å². The second-order valence-electron chi connectivity index (χ2n) is 5.08. The van der Waals surface area contributed by atoms with Crippen molar-refractivity contribution in [1.29, 1.82) is 5.26 Å². The minimum absolute atomic E-state index is 0.0458. The number of nitrogens with one attached hydrogen (secondary N) is 1. The van der Waals surface area contributed by atoms with E-state index in [2.05, 4.69) is 5.32 Å². The molecular formula is C18H16Cl2N2O3. The number of benzene rings is 1. The summed E-state index contributed by atoms with van der Waals surface area (Å²) in [5, 5.41) is 12.6. The molecule has 5 nitrogen and oxygen atoms in total. The Bertz CT molecular complexity index is 822. The Morgan fingerprint density at radius 2 is 2.16 bits per heavy atom. The lowest BCUT2D eigenvalue weighted by molar-refractivity contribution is -0.117. The Kier molecular flexibility index (Phi) is 7.08. The minimum atomic E-state index is -0.461. The third-order valence-corrected chi connectivity index (χ3v) is 4.13. The molecule has 2 rings (SSSR count). The van der Waals surface area contributed by atoms with Crippen molar-refractivity contribution in [2.24, 2.45) is 0 Å². The van der Waals surface area contributed by atoms with E-state index in [0.29, 0.717) is 46.7 Å². The van der Waals surface area contributed by atoms with Gasteiger partial charge in [0.1, 0.15) is 23.2 Å². The van der Waals surface area contributed by atoms with E-state index in [1.54, 1.807) is 37.4 Å². The van der Waals surface area contributed by atoms with Crippen LogP contribution in [0.3, 0.4) is 0 Å². The summed E-state index contributed by atoms with van der Waals surface area (Å²) in [7, 11) is 1.59. The van der Waals surface area contributed by atoms with Crippen LogP contribution in [0.15, 0.2) is 40.3 Å². The number of carbonyl (C=O) groups is 1. The fraction of sp³-hybridized carbons (Fsp3) is 0.222. The van der Waals surface area contributed by atoms with Gasteiger partial charge in [0, 0.05) is 31.9 Å². The largest absolute Gasteiger partial charge is 0.457 e. The molecule has 0 spiro atoms. The molecule has 1 heterocycles. The molecule has 1 amide bonds. The molecular weight excluding hydrogens is 363 g/mol. The highest BCUT2D eigenvalue weighted by Crippen LogP contribution is 2.34. The van der Waals surface area contributed by atoms with Crippen molar-refractivity contribution in [1.82, 2.24) is 5.32 Å². The van der Waals surface area contributed by atoms with Gasteiger partial charge in [-0.25, -0.2) is 0 Å². The predicted octanol–water partition coefficient (Wildman–Crippen LogP) is 4.31. The number of hydrogen-bond donors (Lipinski definition) is 1. The Balaban J connectivity index is 2.15. The number of halogens is 2. The van der Waals surface area contributed by atoms with Crippen LogP contribution in [-0.4, -0.2) is 26.2 Å². The smallest absolute Gasteiger partial charge is 0.262 e. The summed E-state index contributed by atoms with van der Waals surface area (Å²) < 4.78 is 10.6. The topological polar surface area (TPSA) is 75.3 Å². The Morgan fingerprint density at radius 1 is 1.36 bits per heavy atom. The third kappa shape index (κ3) is 5.10. The summed E-state index contributed by atoms with van der Waals surface area (Å²) in [5.74, 6) is 0.406. The van der Waals surface area contributed by atoms with Crippen molar-refractivity contribution in [3.05, 3.63) is 51.7 Å². The first-order valence-electron chi connectivity index (χ1n) is 7.50. The second-order valence-corrected chi connectivity index (χ2v) is 5.86. The van der Waals surface area contributed by atoms with Gasteiger partial charge in [-0.05, 0) is 30.7 Å². The summed E-state index contributed by atoms with van der Waals surface area (Å²) in [6.07, 6.45) is 2.05. The van der Waals surface area contributed by atoms with E-state index in [9.17, 15) is 10.1 Å². The lowest BCUT2D eigenvalue weighted by Gasteiger charge is -2.03. The zero-order valence-corrected chi connectivity index (χ0v) is 15.0. The van der Waals surface area contributed by atoms with Gasteiger partial charge in [0.2, 0.25) is 0 Å². The summed E-state index contributed by atoms with van der Waals surface area (Å²) >= 11 is 12.2. The van der Waals surface area contributed by atoms with Gasteiger partial charge in [-0.2, -0.15) is 5.26 Å². The number of furan rings is 1. The molecule has 0 radical (unpaired) electrons. The molecule has 2 aromatic rings. The van der Waals surface area contributed by atoms with E-state index in [4.69, 9.17) is 32.4 Å². The van der Waals surface area contributed by atoms with Crippen LogP contribution in [-0.2, 0) is 9.53 Å². The van der Waals surface area contributed by atoms with Crippen molar-refractivity contribution in [2.45, 2.75) is 6.42 Å². The van der Waals surface area contributed by atoms with E-state index >= 15 is 0 Å². The highest BCUT2D eigenvalue weighted by Gasteiger charge is 2.13. The van der Waals surface area contributed by atoms with E-state index in [-0.39, 0.29) is 5.57 Å². The number of amides is 1. The molecule has 0 fully saturated rings. The SMILES string of the molecule is COCCCNC(=O)/C(C#N)=C\c1ccc(-c2cccc(Cl)c2Cl)o1. The molecule has 7 heteroatoms. The zero-order valence-electron chi connectivity index (χ0n) is 13.5. The maximum atomic E-state index is 12.0. The van der Waals surface area contributed by atoms with Gasteiger partial charge in [-0.15, -0.1) is 0 Å². The number of nitrogens with zero attached hydrogens (tertiary/aromatic N) is 1. The molecule has 0 bridgehead atoms. The van der Waals surface area contributed by atoms with Gasteiger partial charge in [0.15, 0.2) is 0 Å². The van der Waals surface area contributed by atoms with Crippen LogP contribution in [0.2, 0.25) is 10.0 Å². The fourth-order valence-corrected chi connectivity index (χ4v) is 2.47. The summed E-state index contributed by atoms with van der Waals surface area (Å²) in [4.78, 5) is 12.0. The quantitative estimate of drug-likeness (QED) is 0.442. The monoisotopic (exact) mass is 378 g/mol. The first kappa shape index (κ1) is 19.1. The van der Waals surface area contributed by atoms with Crippen LogP contribution in [0.25, 0.3) is 17.4 Å². The molecule has 0 aliphatic heterocycles. The molecule has 1 N–H and O–H groups in total. The highest BCUT2D eigenvalue weighted by atomic mass is 35.5. The van der Waals surface area contributed by atoms with E-state index in [1.165, 1.54) is 6.08 Å². The average molecular weight is 379 g/mol. The Labute approximate surface area is 155 Å². The maximum Gasteiger partial charge on any atom is 0.262 e. The number of methoxy groups -OCH3 is 1. The fourth-order valence-electron chi connectivity index (χ4n) is 2.07. The second kappa shape index (κ2) is 9.28. The summed E-state index contributed by atoms with van der Waals surface area (Å²) in [6.45, 7) is 0.959. The lowest BCUT2D eigenvalue weighted by Crippen LogP contribution is -2.26. The third-order valence-electron chi connectivity index (χ3n) is 3.31. The molecule has 0 aliphatic rings. The van der Waals surface area contributed by atoms with Gasteiger partial charge in [-0.1, -0.05) is 29.3 Å². The standard InChI is InChI=1S/C18H16Cl2N2O3/c1-24-9-3-8-22-18(23)12(11-21)10-13-6-7-16(25-13)14-4-2-5-15(19)17(14)20/h2,4-7,10H,3,8-9H2,1H3,(H,22,23)/b12-10-. The van der Waals surface area contributed by atoms with Crippen LogP contribution in [0.4, 0.5) is 0 Å². The zero-order chi connectivity index (χ0) is 18.2.